The van der Waals surface area contributed by atoms with Gasteiger partial charge in [-0.2, -0.15) is 18.2 Å². The van der Waals surface area contributed by atoms with Gasteiger partial charge < -0.3 is 15.4 Å². The van der Waals surface area contributed by atoms with Gasteiger partial charge in [-0.25, -0.2) is 9.98 Å². The molecule has 3 N–H and O–H groups in total. The Kier molecular flexibility index (Phi) is 3.52. The van der Waals surface area contributed by atoms with Crippen molar-refractivity contribution < 1.29 is 18.3 Å². The fourth-order valence-electron chi connectivity index (χ4n) is 2.52. The number of aromatic amines is 1. The van der Waals surface area contributed by atoms with E-state index in [1.807, 2.05) is 0 Å². The molecule has 1 saturated carbocycles. The standard InChI is InChI=1S/C16H14F3N5O/c17-16(18,19)10-4-11-9(6-20-13(11)21-7-10)3-12-14(25)24-15(23-12)22-5-8-1-2-8/h3-4,6-8,25H,1-2,5H2,(H2,22,23,24). The van der Waals surface area contributed by atoms with Crippen LogP contribution in [0.5, 0.6) is 5.88 Å². The van der Waals surface area contributed by atoms with Crippen molar-refractivity contribution in [1.29, 1.82) is 0 Å². The summed E-state index contributed by atoms with van der Waals surface area (Å²) in [6, 6.07) is 1.00. The topological polar surface area (TPSA) is 86.2 Å². The van der Waals surface area contributed by atoms with E-state index in [2.05, 4.69) is 25.3 Å². The van der Waals surface area contributed by atoms with Crippen molar-refractivity contribution in [3.63, 3.8) is 0 Å². The molecular weight excluding hydrogens is 335 g/mol. The summed E-state index contributed by atoms with van der Waals surface area (Å²) in [7, 11) is 0. The minimum atomic E-state index is -4.48. The van der Waals surface area contributed by atoms with E-state index in [1.165, 1.54) is 25.1 Å². The Morgan fingerprint density at radius 1 is 1.36 bits per heavy atom. The highest BCUT2D eigenvalue weighted by atomic mass is 19.4. The Morgan fingerprint density at radius 3 is 2.88 bits per heavy atom. The van der Waals surface area contributed by atoms with Gasteiger partial charge in [0.25, 0.3) is 0 Å². The molecule has 0 aromatic carbocycles. The van der Waals surface area contributed by atoms with Crippen LogP contribution in [-0.4, -0.2) is 32.8 Å². The van der Waals surface area contributed by atoms with Crippen LogP contribution < -0.4 is 5.32 Å². The predicted octanol–water partition coefficient (Wildman–Crippen LogP) is 3.61. The Bertz CT molecular complexity index is 880. The summed E-state index contributed by atoms with van der Waals surface area (Å²) in [5, 5.41) is 13.0. The molecule has 1 aliphatic carbocycles. The number of aromatic nitrogens is 3. The average molecular weight is 349 g/mol. The van der Waals surface area contributed by atoms with Gasteiger partial charge in [0.05, 0.1) is 5.56 Å². The number of hydrogen-bond donors (Lipinski definition) is 3. The summed E-state index contributed by atoms with van der Waals surface area (Å²) in [4.78, 5) is 14.6. The van der Waals surface area contributed by atoms with Crippen molar-refractivity contribution in [2.45, 2.75) is 19.0 Å². The van der Waals surface area contributed by atoms with Crippen LogP contribution in [0.1, 0.15) is 29.7 Å². The number of hydrogen-bond acceptors (Lipinski definition) is 5. The molecule has 0 saturated heterocycles. The molecule has 6 nitrogen and oxygen atoms in total. The third-order valence-corrected chi connectivity index (χ3v) is 4.10. The lowest BCUT2D eigenvalue weighted by atomic mass is 10.1. The second-order valence-electron chi connectivity index (χ2n) is 6.10. The lowest BCUT2D eigenvalue weighted by Crippen LogP contribution is -2.05. The van der Waals surface area contributed by atoms with Gasteiger partial charge in [-0.15, -0.1) is 0 Å². The number of imidazole rings is 1. The van der Waals surface area contributed by atoms with Crippen molar-refractivity contribution in [2.75, 3.05) is 11.9 Å². The van der Waals surface area contributed by atoms with Crippen LogP contribution in [0.15, 0.2) is 17.3 Å². The number of fused-ring (bicyclic) bond motifs is 1. The summed E-state index contributed by atoms with van der Waals surface area (Å²) in [5.41, 5.74) is 0.130. The summed E-state index contributed by atoms with van der Waals surface area (Å²) >= 11 is 0. The monoisotopic (exact) mass is 349 g/mol. The zero-order valence-electron chi connectivity index (χ0n) is 12.9. The molecule has 25 heavy (non-hydrogen) atoms. The van der Waals surface area contributed by atoms with Gasteiger partial charge in [0.2, 0.25) is 11.8 Å². The number of nitrogens with one attached hydrogen (secondary N) is 2. The van der Waals surface area contributed by atoms with E-state index in [4.69, 9.17) is 0 Å². The number of alkyl halides is 3. The molecule has 2 aromatic heterocycles. The highest BCUT2D eigenvalue weighted by molar-refractivity contribution is 6.21. The van der Waals surface area contributed by atoms with E-state index < -0.39 is 11.7 Å². The molecule has 0 bridgehead atoms. The molecule has 130 valence electrons. The van der Waals surface area contributed by atoms with Crippen molar-refractivity contribution in [3.8, 4) is 5.88 Å². The van der Waals surface area contributed by atoms with E-state index >= 15 is 0 Å². The fraction of sp³-hybridized carbons (Fsp3) is 0.312. The Hall–Kier alpha value is -2.84. The minimum Gasteiger partial charge on any atom is -0.492 e. The molecule has 0 radical (unpaired) electrons. The molecule has 4 rings (SSSR count). The zero-order chi connectivity index (χ0) is 17.6. The first kappa shape index (κ1) is 15.7. The maximum atomic E-state index is 12.9. The summed E-state index contributed by atoms with van der Waals surface area (Å²) in [5.74, 6) is 1.04. The van der Waals surface area contributed by atoms with Gasteiger partial charge in [-0.3, -0.25) is 0 Å². The SMILES string of the molecule is Oc1nc(NCC2CC2)[nH]c1C=C1C=Nc2ncc(C(F)(F)F)cc21. The average Bonchev–Trinajstić information content (AvgIpc) is 3.21. The third kappa shape index (κ3) is 3.21. The van der Waals surface area contributed by atoms with E-state index in [1.54, 1.807) is 0 Å². The largest absolute Gasteiger partial charge is 0.492 e. The number of H-pyrrole nitrogens is 1. The summed E-state index contributed by atoms with van der Waals surface area (Å²) in [6.45, 7) is 0.770. The van der Waals surface area contributed by atoms with Crippen LogP contribution in [0.25, 0.3) is 11.6 Å². The van der Waals surface area contributed by atoms with Crippen LogP contribution in [0.2, 0.25) is 0 Å². The van der Waals surface area contributed by atoms with Crippen LogP contribution in [-0.2, 0) is 6.18 Å². The lowest BCUT2D eigenvalue weighted by molar-refractivity contribution is -0.137. The molecule has 0 atom stereocenters. The molecule has 2 aromatic rings. The van der Waals surface area contributed by atoms with Gasteiger partial charge in [0.1, 0.15) is 5.69 Å². The smallest absolute Gasteiger partial charge is 0.417 e. The second kappa shape index (κ2) is 5.61. The van der Waals surface area contributed by atoms with Gasteiger partial charge >= 0.3 is 6.18 Å². The number of halogens is 3. The van der Waals surface area contributed by atoms with E-state index in [0.29, 0.717) is 23.1 Å². The molecule has 0 unspecified atom stereocenters. The number of rotatable bonds is 4. The first-order valence-corrected chi connectivity index (χ1v) is 7.76. The van der Waals surface area contributed by atoms with Crippen LogP contribution in [0.3, 0.4) is 0 Å². The maximum absolute atomic E-state index is 12.9. The quantitative estimate of drug-likeness (QED) is 0.787. The first-order valence-electron chi connectivity index (χ1n) is 7.76. The predicted molar refractivity (Wildman–Crippen MR) is 86.7 cm³/mol. The molecule has 1 aliphatic heterocycles. The van der Waals surface area contributed by atoms with E-state index in [-0.39, 0.29) is 17.3 Å². The molecule has 3 heterocycles. The molecule has 9 heteroatoms. The number of pyridine rings is 1. The van der Waals surface area contributed by atoms with Gasteiger partial charge in [0.15, 0.2) is 5.82 Å². The van der Waals surface area contributed by atoms with Gasteiger partial charge in [-0.05, 0) is 30.9 Å². The van der Waals surface area contributed by atoms with Crippen molar-refractivity contribution in [1.82, 2.24) is 15.0 Å². The molecule has 0 spiro atoms. The highest BCUT2D eigenvalue weighted by Gasteiger charge is 2.32. The number of nitrogens with zero attached hydrogens (tertiary/aromatic N) is 3. The second-order valence-corrected chi connectivity index (χ2v) is 6.10. The normalized spacial score (nSPS) is 18.0. The Labute approximate surface area is 140 Å². The van der Waals surface area contributed by atoms with Gasteiger partial charge in [-0.1, -0.05) is 0 Å². The highest BCUT2D eigenvalue weighted by Crippen LogP contribution is 2.37. The Balaban J connectivity index is 1.62. The molecular formula is C16H14F3N5O. The van der Waals surface area contributed by atoms with Crippen LogP contribution in [0.4, 0.5) is 24.9 Å². The van der Waals surface area contributed by atoms with E-state index in [9.17, 15) is 18.3 Å². The van der Waals surface area contributed by atoms with Crippen LogP contribution in [0, 0.1) is 5.92 Å². The van der Waals surface area contributed by atoms with Crippen molar-refractivity contribution >= 4 is 29.6 Å². The zero-order valence-corrected chi connectivity index (χ0v) is 12.9. The number of anilines is 1. The number of aromatic hydroxyl groups is 1. The van der Waals surface area contributed by atoms with Crippen molar-refractivity contribution in [3.05, 3.63) is 29.1 Å². The number of aliphatic imine (C=N–C) groups is 1. The summed E-state index contributed by atoms with van der Waals surface area (Å²) < 4.78 is 38.6. The fourth-order valence-corrected chi connectivity index (χ4v) is 2.52. The third-order valence-electron chi connectivity index (χ3n) is 4.10. The molecule has 2 aliphatic rings. The van der Waals surface area contributed by atoms with E-state index in [0.717, 1.165) is 18.8 Å². The molecule has 1 fully saturated rings. The maximum Gasteiger partial charge on any atom is 0.417 e. The summed E-state index contributed by atoms with van der Waals surface area (Å²) in [6.07, 6.45) is 1.55. The number of allylic oxidation sites excluding steroid dienone is 1. The van der Waals surface area contributed by atoms with Gasteiger partial charge in [0, 0.05) is 30.1 Å². The lowest BCUT2D eigenvalue weighted by Gasteiger charge is -2.07. The minimum absolute atomic E-state index is 0.213. The first-order chi connectivity index (χ1) is 11.9. The van der Waals surface area contributed by atoms with Crippen LogP contribution >= 0.6 is 0 Å². The van der Waals surface area contributed by atoms with Crippen molar-refractivity contribution in [2.24, 2.45) is 10.9 Å². The Morgan fingerprint density at radius 2 is 2.16 bits per heavy atom. The molecule has 0 amide bonds.